The van der Waals surface area contributed by atoms with Crippen molar-refractivity contribution in [3.05, 3.63) is 65.7 Å². The molecule has 0 aliphatic carbocycles. The monoisotopic (exact) mass is 396 g/mol. The van der Waals surface area contributed by atoms with Gasteiger partial charge in [0.2, 0.25) is 11.8 Å². The Kier molecular flexibility index (Phi) is 7.28. The number of carbonyl (C=O) groups excluding carboxylic acids is 2. The van der Waals surface area contributed by atoms with E-state index in [0.29, 0.717) is 38.4 Å². The number of nitrogens with zero attached hydrogens (tertiary/aromatic N) is 1. The predicted octanol–water partition coefficient (Wildman–Crippen LogP) is 3.46. The van der Waals surface area contributed by atoms with Crippen LogP contribution < -0.4 is 5.32 Å². The van der Waals surface area contributed by atoms with E-state index in [1.807, 2.05) is 59.7 Å². The Hall–Kier alpha value is -2.57. The van der Waals surface area contributed by atoms with E-state index in [0.717, 1.165) is 11.1 Å². The minimum absolute atomic E-state index is 0.107. The van der Waals surface area contributed by atoms with Crippen LogP contribution in [-0.2, 0) is 20.7 Å². The molecule has 0 spiro atoms. The highest BCUT2D eigenvalue weighted by Crippen LogP contribution is 2.16. The van der Waals surface area contributed by atoms with E-state index < -0.39 is 0 Å². The molecule has 5 nitrogen and oxygen atoms in total. The zero-order valence-electron chi connectivity index (χ0n) is 15.9. The van der Waals surface area contributed by atoms with Gasteiger partial charge in [-0.3, -0.25) is 9.59 Å². The number of thioether (sulfide) groups is 1. The van der Waals surface area contributed by atoms with Gasteiger partial charge in [-0.1, -0.05) is 24.3 Å². The third kappa shape index (κ3) is 5.97. The van der Waals surface area contributed by atoms with Crippen LogP contribution in [0.25, 0.3) is 6.08 Å². The Morgan fingerprint density at radius 3 is 2.39 bits per heavy atom. The van der Waals surface area contributed by atoms with Crippen molar-refractivity contribution < 1.29 is 14.3 Å². The van der Waals surface area contributed by atoms with Gasteiger partial charge in [0.25, 0.3) is 0 Å². The first-order valence-corrected chi connectivity index (χ1v) is 10.4. The Labute approximate surface area is 169 Å². The van der Waals surface area contributed by atoms with Crippen LogP contribution in [0.1, 0.15) is 11.1 Å². The Balaban J connectivity index is 1.50. The maximum Gasteiger partial charge on any atom is 0.248 e. The molecule has 2 amide bonds. The molecule has 2 aromatic rings. The highest BCUT2D eigenvalue weighted by molar-refractivity contribution is 7.98. The highest BCUT2D eigenvalue weighted by Gasteiger charge is 2.16. The van der Waals surface area contributed by atoms with Gasteiger partial charge in [0, 0.05) is 29.7 Å². The molecule has 6 heteroatoms. The van der Waals surface area contributed by atoms with Crippen LogP contribution in [0.2, 0.25) is 0 Å². The Morgan fingerprint density at radius 2 is 1.75 bits per heavy atom. The summed E-state index contributed by atoms with van der Waals surface area (Å²) >= 11 is 1.68. The maximum absolute atomic E-state index is 12.3. The summed E-state index contributed by atoms with van der Waals surface area (Å²) in [6.45, 7) is 2.51. The molecule has 28 heavy (non-hydrogen) atoms. The van der Waals surface area contributed by atoms with Gasteiger partial charge in [-0.15, -0.1) is 11.8 Å². The minimum Gasteiger partial charge on any atom is -0.378 e. The van der Waals surface area contributed by atoms with Gasteiger partial charge in [0.05, 0.1) is 19.6 Å². The summed E-state index contributed by atoms with van der Waals surface area (Å²) in [4.78, 5) is 27.4. The van der Waals surface area contributed by atoms with Crippen LogP contribution in [0.5, 0.6) is 0 Å². The lowest BCUT2D eigenvalue weighted by atomic mass is 10.1. The predicted molar refractivity (Wildman–Crippen MR) is 113 cm³/mol. The summed E-state index contributed by atoms with van der Waals surface area (Å²) in [5.74, 6) is -0.0819. The highest BCUT2D eigenvalue weighted by atomic mass is 32.2. The molecular formula is C22H24N2O3S. The van der Waals surface area contributed by atoms with E-state index in [1.165, 1.54) is 11.0 Å². The fourth-order valence-electron chi connectivity index (χ4n) is 2.88. The number of carbonyl (C=O) groups is 2. The third-order valence-corrected chi connectivity index (χ3v) is 5.23. The Morgan fingerprint density at radius 1 is 1.07 bits per heavy atom. The van der Waals surface area contributed by atoms with Crippen LogP contribution >= 0.6 is 11.8 Å². The van der Waals surface area contributed by atoms with Gasteiger partial charge in [0.15, 0.2) is 0 Å². The maximum atomic E-state index is 12.3. The number of hydrogen-bond acceptors (Lipinski definition) is 4. The summed E-state index contributed by atoms with van der Waals surface area (Å²) in [7, 11) is 0. The molecule has 1 fully saturated rings. The quantitative estimate of drug-likeness (QED) is 0.600. The van der Waals surface area contributed by atoms with E-state index >= 15 is 0 Å². The normalized spacial score (nSPS) is 14.2. The van der Waals surface area contributed by atoms with Gasteiger partial charge in [-0.05, 0) is 47.7 Å². The second-order valence-electron chi connectivity index (χ2n) is 6.46. The lowest BCUT2D eigenvalue weighted by Gasteiger charge is -2.26. The van der Waals surface area contributed by atoms with Crippen LogP contribution in [0, 0.1) is 0 Å². The first-order valence-electron chi connectivity index (χ1n) is 9.21. The van der Waals surface area contributed by atoms with Crippen molar-refractivity contribution in [3.8, 4) is 0 Å². The molecule has 0 unspecified atom stereocenters. The zero-order chi connectivity index (χ0) is 19.8. The van der Waals surface area contributed by atoms with Gasteiger partial charge < -0.3 is 15.0 Å². The van der Waals surface area contributed by atoms with Crippen molar-refractivity contribution in [2.24, 2.45) is 0 Å². The third-order valence-electron chi connectivity index (χ3n) is 4.48. The molecule has 1 N–H and O–H groups in total. The van der Waals surface area contributed by atoms with Crippen molar-refractivity contribution >= 4 is 35.3 Å². The molecule has 0 bridgehead atoms. The van der Waals surface area contributed by atoms with Crippen molar-refractivity contribution in [2.45, 2.75) is 11.3 Å². The standard InChI is InChI=1S/C22H24N2O3S/c1-28-20-9-4-17(5-10-20)6-11-21(25)23-19-7-2-18(3-8-19)16-22(26)24-12-14-27-15-13-24/h2-11H,12-16H2,1H3,(H,23,25)/b11-6+. The molecule has 1 aliphatic heterocycles. The Bertz CT molecular complexity index is 826. The average molecular weight is 397 g/mol. The molecule has 0 aromatic heterocycles. The first kappa shape index (κ1) is 20.2. The summed E-state index contributed by atoms with van der Waals surface area (Å²) in [6, 6.07) is 15.4. The molecular weight excluding hydrogens is 372 g/mol. The molecule has 2 aromatic carbocycles. The summed E-state index contributed by atoms with van der Waals surface area (Å²) < 4.78 is 5.27. The van der Waals surface area contributed by atoms with E-state index in [9.17, 15) is 9.59 Å². The topological polar surface area (TPSA) is 58.6 Å². The molecule has 0 saturated carbocycles. The number of benzene rings is 2. The van der Waals surface area contributed by atoms with Crippen LogP contribution in [0.15, 0.2) is 59.5 Å². The fraction of sp³-hybridized carbons (Fsp3) is 0.273. The van der Waals surface area contributed by atoms with Gasteiger partial charge in [-0.25, -0.2) is 0 Å². The van der Waals surface area contributed by atoms with E-state index in [4.69, 9.17) is 4.74 Å². The molecule has 0 radical (unpaired) electrons. The van der Waals surface area contributed by atoms with Crippen LogP contribution in [0.3, 0.4) is 0 Å². The molecule has 3 rings (SSSR count). The molecule has 1 saturated heterocycles. The van der Waals surface area contributed by atoms with Crippen molar-refractivity contribution in [2.75, 3.05) is 37.9 Å². The van der Waals surface area contributed by atoms with Gasteiger partial charge in [0.1, 0.15) is 0 Å². The van der Waals surface area contributed by atoms with Crippen LogP contribution in [0.4, 0.5) is 5.69 Å². The second-order valence-corrected chi connectivity index (χ2v) is 7.34. The lowest BCUT2D eigenvalue weighted by molar-refractivity contribution is -0.134. The SMILES string of the molecule is CSc1ccc(/C=C/C(=O)Nc2ccc(CC(=O)N3CCOCC3)cc2)cc1. The van der Waals surface area contributed by atoms with Gasteiger partial charge >= 0.3 is 0 Å². The van der Waals surface area contributed by atoms with Crippen molar-refractivity contribution in [1.82, 2.24) is 4.90 Å². The summed E-state index contributed by atoms with van der Waals surface area (Å²) in [5.41, 5.74) is 2.61. The number of morpholine rings is 1. The number of anilines is 1. The number of ether oxygens (including phenoxy) is 1. The molecule has 1 aliphatic rings. The number of hydrogen-bond donors (Lipinski definition) is 1. The second kappa shape index (κ2) is 10.1. The zero-order valence-corrected chi connectivity index (χ0v) is 16.7. The number of rotatable bonds is 6. The average Bonchev–Trinajstić information content (AvgIpc) is 2.74. The largest absolute Gasteiger partial charge is 0.378 e. The number of nitrogens with one attached hydrogen (secondary N) is 1. The first-order chi connectivity index (χ1) is 13.6. The van der Waals surface area contributed by atoms with Gasteiger partial charge in [-0.2, -0.15) is 0 Å². The molecule has 1 heterocycles. The summed E-state index contributed by atoms with van der Waals surface area (Å²) in [6.07, 6.45) is 5.70. The van der Waals surface area contributed by atoms with E-state index in [1.54, 1.807) is 17.8 Å². The summed E-state index contributed by atoms with van der Waals surface area (Å²) in [5, 5.41) is 2.84. The van der Waals surface area contributed by atoms with Crippen molar-refractivity contribution in [1.29, 1.82) is 0 Å². The minimum atomic E-state index is -0.189. The lowest BCUT2D eigenvalue weighted by Crippen LogP contribution is -2.41. The molecule has 146 valence electrons. The number of amides is 2. The fourth-order valence-corrected chi connectivity index (χ4v) is 3.28. The smallest absolute Gasteiger partial charge is 0.248 e. The van der Waals surface area contributed by atoms with E-state index in [-0.39, 0.29) is 11.8 Å². The van der Waals surface area contributed by atoms with E-state index in [2.05, 4.69) is 5.32 Å². The molecule has 0 atom stereocenters. The van der Waals surface area contributed by atoms with Crippen LogP contribution in [-0.4, -0.2) is 49.3 Å². The van der Waals surface area contributed by atoms with Crippen molar-refractivity contribution in [3.63, 3.8) is 0 Å².